The van der Waals surface area contributed by atoms with Gasteiger partial charge in [0.05, 0.1) is 0 Å². The van der Waals surface area contributed by atoms with Crippen molar-refractivity contribution in [3.05, 3.63) is 52.7 Å². The molecule has 2 aliphatic heterocycles. The van der Waals surface area contributed by atoms with E-state index < -0.39 is 134 Å². The number of phenols is 1. The van der Waals surface area contributed by atoms with E-state index >= 15 is 0 Å². The molecule has 0 amide bonds. The Morgan fingerprint density at radius 3 is 1.30 bits per heavy atom. The van der Waals surface area contributed by atoms with Crippen LogP contribution in [0.25, 0.3) is 22.3 Å². The largest absolute Gasteiger partial charge is 0.507 e. The van der Waals surface area contributed by atoms with Crippen LogP contribution in [0, 0.1) is 0 Å². The van der Waals surface area contributed by atoms with E-state index in [4.69, 9.17) is 61.3 Å². The maximum Gasteiger partial charge on any atom is 0.303 e. The zero-order valence-corrected chi connectivity index (χ0v) is 36.7. The molecule has 0 radical (unpaired) electrons. The molecule has 0 unspecified atom stereocenters. The van der Waals surface area contributed by atoms with Crippen LogP contribution in [0.5, 0.6) is 17.2 Å². The fraction of sp³-hybridized carbons (Fsp3) is 0.465. The number of carbonyl (C=O) groups excluding carboxylic acids is 8. The summed E-state index contributed by atoms with van der Waals surface area (Å²) in [5.74, 6) is -7.34. The third-order valence-electron chi connectivity index (χ3n) is 9.32. The molecule has 1 N–H and O–H groups in total. The number of aromatic hydroxyl groups is 1. The number of rotatable bonds is 15. The van der Waals surface area contributed by atoms with Crippen molar-refractivity contribution in [3.63, 3.8) is 0 Å². The molecule has 1 aromatic heterocycles. The third kappa shape index (κ3) is 12.9. The smallest absolute Gasteiger partial charge is 0.303 e. The van der Waals surface area contributed by atoms with E-state index in [0.717, 1.165) is 67.5 Å². The van der Waals surface area contributed by atoms with Crippen molar-refractivity contribution in [2.75, 3.05) is 13.2 Å². The first kappa shape index (κ1) is 49.7. The highest BCUT2D eigenvalue weighted by atomic mass is 16.7. The first-order chi connectivity index (χ1) is 31.1. The summed E-state index contributed by atoms with van der Waals surface area (Å²) < 4.78 is 72.8. The minimum Gasteiger partial charge on any atom is -0.507 e. The van der Waals surface area contributed by atoms with Gasteiger partial charge in [-0.05, 0) is 24.3 Å². The van der Waals surface area contributed by atoms with Crippen LogP contribution in [-0.4, -0.2) is 127 Å². The molecule has 0 bridgehead atoms. The fourth-order valence-corrected chi connectivity index (χ4v) is 6.99. The van der Waals surface area contributed by atoms with Crippen molar-refractivity contribution in [1.82, 2.24) is 0 Å². The summed E-state index contributed by atoms with van der Waals surface area (Å²) in [4.78, 5) is 110. The van der Waals surface area contributed by atoms with E-state index in [-0.39, 0.29) is 33.8 Å². The Labute approximate surface area is 374 Å². The zero-order valence-electron chi connectivity index (χ0n) is 36.7. The quantitative estimate of drug-likeness (QED) is 0.168. The molecule has 66 heavy (non-hydrogen) atoms. The number of hydrogen-bond acceptors (Lipinski definition) is 23. The van der Waals surface area contributed by atoms with Crippen LogP contribution in [0.1, 0.15) is 55.4 Å². The van der Waals surface area contributed by atoms with E-state index in [0.29, 0.717) is 0 Å². The molecular weight excluding hydrogens is 884 g/mol. The normalized spacial score (nSPS) is 24.7. The van der Waals surface area contributed by atoms with Crippen LogP contribution in [-0.2, 0) is 85.7 Å². The minimum atomic E-state index is -1.69. The van der Waals surface area contributed by atoms with Gasteiger partial charge in [-0.15, -0.1) is 0 Å². The summed E-state index contributed by atoms with van der Waals surface area (Å²) in [6.45, 7) is 7.60. The number of esters is 8. The minimum absolute atomic E-state index is 0.0322. The van der Waals surface area contributed by atoms with Crippen LogP contribution < -0.4 is 14.9 Å². The van der Waals surface area contributed by atoms with E-state index in [9.17, 15) is 48.3 Å². The summed E-state index contributed by atoms with van der Waals surface area (Å²) >= 11 is 0. The second-order valence-electron chi connectivity index (χ2n) is 14.7. The van der Waals surface area contributed by atoms with E-state index in [1.165, 1.54) is 30.3 Å². The SMILES string of the molecule is CC(=O)OC[C@H]1O[C@@H](Oc2ccc(-c3cc(=O)c4c(O)cc(O[C@@H]5O[C@H](COC(C)=O)[C@@H](OC(C)=O)[C@H](OC(C)=O)[C@H]5OC(C)=O)cc4o3)cc2)[C@H](OC(C)=O)[C@@H](OC(C)=O)[C@@H]1OC(C)=O. The van der Waals surface area contributed by atoms with Gasteiger partial charge in [-0.25, -0.2) is 0 Å². The molecule has 0 saturated carbocycles. The van der Waals surface area contributed by atoms with Crippen LogP contribution in [0.4, 0.5) is 0 Å². The van der Waals surface area contributed by atoms with Gasteiger partial charge in [0, 0.05) is 79.2 Å². The van der Waals surface area contributed by atoms with E-state index in [1.807, 2.05) is 0 Å². The van der Waals surface area contributed by atoms with Crippen LogP contribution in [0.15, 0.2) is 51.7 Å². The lowest BCUT2D eigenvalue weighted by molar-refractivity contribution is -0.288. The maximum absolute atomic E-state index is 13.4. The molecule has 23 heteroatoms. The van der Waals surface area contributed by atoms with Gasteiger partial charge in [-0.3, -0.25) is 43.2 Å². The molecule has 0 aliphatic carbocycles. The van der Waals surface area contributed by atoms with Gasteiger partial charge >= 0.3 is 47.8 Å². The first-order valence-corrected chi connectivity index (χ1v) is 20.0. The van der Waals surface area contributed by atoms with Crippen molar-refractivity contribution < 1.29 is 105 Å². The molecule has 5 rings (SSSR count). The van der Waals surface area contributed by atoms with Crippen molar-refractivity contribution in [3.8, 4) is 28.6 Å². The Kier molecular flexibility index (Phi) is 16.3. The van der Waals surface area contributed by atoms with Gasteiger partial charge in [-0.2, -0.15) is 0 Å². The zero-order chi connectivity index (χ0) is 48.6. The number of phenolic OH excluding ortho intramolecular Hbond substituents is 1. The van der Waals surface area contributed by atoms with Crippen molar-refractivity contribution in [1.29, 1.82) is 0 Å². The maximum atomic E-state index is 13.4. The Morgan fingerprint density at radius 1 is 0.500 bits per heavy atom. The monoisotopic (exact) mass is 930 g/mol. The number of fused-ring (bicyclic) bond motifs is 1. The molecule has 3 aromatic rings. The number of carbonyl (C=O) groups is 8. The molecule has 10 atom stereocenters. The Morgan fingerprint density at radius 2 is 0.894 bits per heavy atom. The summed E-state index contributed by atoms with van der Waals surface area (Å²) in [6.07, 6.45) is -14.9. The van der Waals surface area contributed by atoms with Gasteiger partial charge in [0.25, 0.3) is 0 Å². The standard InChI is InChI=1S/C43H46O23/c1-18(44)54-16-33-36(56-20(3)46)38(58-22(5)48)40(60-24(7)50)42(65-33)62-27-11-9-26(10-12-27)31-15-30(53)35-29(52)13-28(14-32(35)64-31)63-43-41(61-25(8)51)39(59-23(6)49)37(57-21(4)47)34(66-43)17-55-19(2)45/h9-15,33-34,36-43,52H,16-17H2,1-8H3/t33-,34-,36-,37-,38+,39+,40-,41-,42-,43-/m1/s1. The molecule has 356 valence electrons. The van der Waals surface area contributed by atoms with Gasteiger partial charge in [0.1, 0.15) is 59.4 Å². The van der Waals surface area contributed by atoms with Gasteiger partial charge < -0.3 is 66.4 Å². The lowest BCUT2D eigenvalue weighted by atomic mass is 9.98. The Hall–Kier alpha value is -7.27. The second kappa shape index (κ2) is 21.6. The molecule has 2 aliphatic rings. The first-order valence-electron chi connectivity index (χ1n) is 20.0. The lowest BCUT2D eigenvalue weighted by Gasteiger charge is -2.43. The third-order valence-corrected chi connectivity index (χ3v) is 9.32. The van der Waals surface area contributed by atoms with Crippen molar-refractivity contribution in [2.24, 2.45) is 0 Å². The average Bonchev–Trinajstić information content (AvgIpc) is 3.19. The number of ether oxygens (including phenoxy) is 12. The molecule has 2 saturated heterocycles. The number of hydrogen-bond donors (Lipinski definition) is 1. The molecular formula is C43H46O23. The highest BCUT2D eigenvalue weighted by Crippen LogP contribution is 2.36. The van der Waals surface area contributed by atoms with Crippen LogP contribution >= 0.6 is 0 Å². The van der Waals surface area contributed by atoms with Crippen LogP contribution in [0.2, 0.25) is 0 Å². The van der Waals surface area contributed by atoms with Gasteiger partial charge in [-0.1, -0.05) is 0 Å². The molecule has 23 nitrogen and oxygen atoms in total. The fourth-order valence-electron chi connectivity index (χ4n) is 6.99. The Bertz CT molecular complexity index is 2390. The highest BCUT2D eigenvalue weighted by molar-refractivity contribution is 5.86. The second-order valence-corrected chi connectivity index (χ2v) is 14.7. The van der Waals surface area contributed by atoms with Crippen molar-refractivity contribution >= 4 is 58.7 Å². The van der Waals surface area contributed by atoms with Crippen molar-refractivity contribution in [2.45, 2.75) is 117 Å². The molecule has 2 aromatic carbocycles. The molecule has 3 heterocycles. The topological polar surface area (TPSA) is 298 Å². The lowest BCUT2D eigenvalue weighted by Crippen LogP contribution is -2.63. The van der Waals surface area contributed by atoms with Gasteiger partial charge in [0.2, 0.25) is 24.8 Å². The molecule has 0 spiro atoms. The van der Waals surface area contributed by atoms with Gasteiger partial charge in [0.15, 0.2) is 29.8 Å². The highest BCUT2D eigenvalue weighted by Gasteiger charge is 2.55. The Balaban J connectivity index is 1.47. The summed E-state index contributed by atoms with van der Waals surface area (Å²) in [6, 6.07) is 9.08. The van der Waals surface area contributed by atoms with Crippen LogP contribution in [0.3, 0.4) is 0 Å². The van der Waals surface area contributed by atoms with E-state index in [1.54, 1.807) is 0 Å². The predicted octanol–water partition coefficient (Wildman–Crippen LogP) is 2.09. The average molecular weight is 931 g/mol. The summed E-state index contributed by atoms with van der Waals surface area (Å²) in [5, 5.41) is 10.8. The van der Waals surface area contributed by atoms with E-state index in [2.05, 4.69) is 0 Å². The number of benzene rings is 2. The summed E-state index contributed by atoms with van der Waals surface area (Å²) in [5.41, 5.74) is -0.621. The summed E-state index contributed by atoms with van der Waals surface area (Å²) in [7, 11) is 0. The molecule has 2 fully saturated rings. The predicted molar refractivity (Wildman–Crippen MR) is 215 cm³/mol.